The van der Waals surface area contributed by atoms with Crippen LogP contribution in [0.15, 0.2) is 47.2 Å². The zero-order chi connectivity index (χ0) is 15.9. The van der Waals surface area contributed by atoms with Crippen LogP contribution in [0.25, 0.3) is 0 Å². The van der Waals surface area contributed by atoms with E-state index in [1.54, 1.807) is 18.0 Å². The minimum Gasteiger partial charge on any atom is -0.468 e. The molecule has 122 valence electrons. The number of aromatic nitrogens is 1. The number of hydrogen-bond acceptors (Lipinski definition) is 5. The van der Waals surface area contributed by atoms with Gasteiger partial charge in [0.1, 0.15) is 11.8 Å². The third-order valence-corrected chi connectivity index (χ3v) is 4.75. The molecule has 0 aromatic carbocycles. The first-order valence-electron chi connectivity index (χ1n) is 7.85. The fraction of sp³-hybridized carbons (Fsp3) is 0.412. The Bertz CT molecular complexity index is 604. The molecule has 1 fully saturated rings. The molecule has 0 radical (unpaired) electrons. The molecule has 0 bridgehead atoms. The molecule has 6 heteroatoms. The Balaban J connectivity index is 1.25. The van der Waals surface area contributed by atoms with Crippen molar-refractivity contribution in [2.24, 2.45) is 0 Å². The summed E-state index contributed by atoms with van der Waals surface area (Å²) in [6.45, 7) is 2.45. The molecule has 3 rings (SSSR count). The van der Waals surface area contributed by atoms with Crippen LogP contribution in [-0.4, -0.2) is 47.2 Å². The van der Waals surface area contributed by atoms with Gasteiger partial charge in [-0.25, -0.2) is 0 Å². The maximum absolute atomic E-state index is 12.0. The lowest BCUT2D eigenvalue weighted by Crippen LogP contribution is -2.32. The van der Waals surface area contributed by atoms with Gasteiger partial charge in [-0.2, -0.15) is 11.8 Å². The van der Waals surface area contributed by atoms with Gasteiger partial charge in [0.2, 0.25) is 5.91 Å². The van der Waals surface area contributed by atoms with Gasteiger partial charge in [0.25, 0.3) is 0 Å². The Morgan fingerprint density at radius 1 is 1.39 bits per heavy atom. The predicted molar refractivity (Wildman–Crippen MR) is 91.2 cm³/mol. The predicted octanol–water partition coefficient (Wildman–Crippen LogP) is 1.95. The van der Waals surface area contributed by atoms with E-state index in [2.05, 4.69) is 15.2 Å². The second-order valence-electron chi connectivity index (χ2n) is 5.50. The number of nitrogens with one attached hydrogen (secondary N) is 1. The Kier molecular flexibility index (Phi) is 5.71. The van der Waals surface area contributed by atoms with Crippen molar-refractivity contribution in [3.63, 3.8) is 0 Å². The van der Waals surface area contributed by atoms with Crippen LogP contribution in [-0.2, 0) is 17.0 Å². The minimum atomic E-state index is 0.0498. The van der Waals surface area contributed by atoms with E-state index in [9.17, 15) is 4.79 Å². The average Bonchev–Trinajstić information content (AvgIpc) is 3.18. The number of nitrogens with zero attached hydrogens (tertiary/aromatic N) is 2. The van der Waals surface area contributed by atoms with Gasteiger partial charge in [-0.3, -0.25) is 14.7 Å². The topological polar surface area (TPSA) is 58.1 Å². The summed E-state index contributed by atoms with van der Waals surface area (Å²) in [5, 5.41) is 3.01. The monoisotopic (exact) mass is 331 g/mol. The van der Waals surface area contributed by atoms with Gasteiger partial charge in [0, 0.05) is 43.7 Å². The largest absolute Gasteiger partial charge is 0.468 e. The number of amides is 1. The molecule has 3 heterocycles. The van der Waals surface area contributed by atoms with Crippen LogP contribution >= 0.6 is 11.8 Å². The molecule has 2 unspecified atom stereocenters. The van der Waals surface area contributed by atoms with Crippen LogP contribution in [0, 0.1) is 0 Å². The van der Waals surface area contributed by atoms with E-state index in [0.29, 0.717) is 6.54 Å². The number of pyridine rings is 1. The fourth-order valence-corrected chi connectivity index (χ4v) is 3.16. The van der Waals surface area contributed by atoms with Crippen LogP contribution in [0.5, 0.6) is 0 Å². The Labute approximate surface area is 140 Å². The first-order valence-corrected chi connectivity index (χ1v) is 9.00. The molecule has 1 N–H and O–H groups in total. The second-order valence-corrected chi connectivity index (χ2v) is 6.61. The lowest BCUT2D eigenvalue weighted by molar-refractivity contribution is -0.121. The number of carbonyl (C=O) groups is 1. The van der Waals surface area contributed by atoms with Crippen molar-refractivity contribution in [3.8, 4) is 0 Å². The molecule has 0 spiro atoms. The number of carbonyl (C=O) groups excluding carboxylic acids is 1. The van der Waals surface area contributed by atoms with E-state index in [0.717, 1.165) is 42.5 Å². The highest BCUT2D eigenvalue weighted by molar-refractivity contribution is 7.98. The molecule has 1 aliphatic rings. The van der Waals surface area contributed by atoms with Crippen molar-refractivity contribution in [1.82, 2.24) is 15.2 Å². The quantitative estimate of drug-likeness (QED) is 0.562. The SMILES string of the molecule is O=C(NCCSCc1ccco1)C1CN1CCc1ccccn1. The van der Waals surface area contributed by atoms with E-state index < -0.39 is 0 Å². The van der Waals surface area contributed by atoms with Gasteiger partial charge in [0.05, 0.1) is 12.0 Å². The van der Waals surface area contributed by atoms with Crippen molar-refractivity contribution < 1.29 is 9.21 Å². The summed E-state index contributed by atoms with van der Waals surface area (Å²) in [4.78, 5) is 18.5. The third kappa shape index (κ3) is 5.11. The van der Waals surface area contributed by atoms with Crippen LogP contribution in [0.2, 0.25) is 0 Å². The van der Waals surface area contributed by atoms with Gasteiger partial charge in [-0.05, 0) is 24.3 Å². The maximum atomic E-state index is 12.0. The minimum absolute atomic E-state index is 0.0498. The summed E-state index contributed by atoms with van der Waals surface area (Å²) >= 11 is 1.76. The molecule has 23 heavy (non-hydrogen) atoms. The summed E-state index contributed by atoms with van der Waals surface area (Å²) in [7, 11) is 0. The standard InChI is InChI=1S/C17H21N3O2S/c21-17(19-8-11-23-13-15-5-3-10-22-15)16-12-20(16)9-6-14-4-1-2-7-18-14/h1-5,7,10,16H,6,8-9,11-13H2,(H,19,21). The van der Waals surface area contributed by atoms with Crippen LogP contribution in [0.3, 0.4) is 0 Å². The van der Waals surface area contributed by atoms with Crippen molar-refractivity contribution in [2.45, 2.75) is 18.2 Å². The highest BCUT2D eigenvalue weighted by atomic mass is 32.2. The van der Waals surface area contributed by atoms with E-state index in [-0.39, 0.29) is 11.9 Å². The highest BCUT2D eigenvalue weighted by Gasteiger charge is 2.39. The second kappa shape index (κ2) is 8.17. The number of thioether (sulfide) groups is 1. The van der Waals surface area contributed by atoms with E-state index >= 15 is 0 Å². The van der Waals surface area contributed by atoms with Crippen molar-refractivity contribution in [1.29, 1.82) is 0 Å². The van der Waals surface area contributed by atoms with Crippen molar-refractivity contribution in [3.05, 3.63) is 54.2 Å². The Hall–Kier alpha value is -1.79. The molecular formula is C17H21N3O2S. The smallest absolute Gasteiger partial charge is 0.238 e. The Morgan fingerprint density at radius 2 is 2.35 bits per heavy atom. The maximum Gasteiger partial charge on any atom is 0.238 e. The summed E-state index contributed by atoms with van der Waals surface area (Å²) in [5.41, 5.74) is 1.08. The highest BCUT2D eigenvalue weighted by Crippen LogP contribution is 2.18. The van der Waals surface area contributed by atoms with Gasteiger partial charge in [0.15, 0.2) is 0 Å². The number of hydrogen-bond donors (Lipinski definition) is 1. The third-order valence-electron chi connectivity index (χ3n) is 3.77. The summed E-state index contributed by atoms with van der Waals surface area (Å²) in [6, 6.07) is 9.85. The van der Waals surface area contributed by atoms with Gasteiger partial charge >= 0.3 is 0 Å². The van der Waals surface area contributed by atoms with Gasteiger partial charge in [-0.1, -0.05) is 6.07 Å². The number of rotatable bonds is 9. The van der Waals surface area contributed by atoms with E-state index in [1.165, 1.54) is 0 Å². The fourth-order valence-electron chi connectivity index (χ4n) is 2.41. The molecule has 2 aromatic rings. The molecule has 1 amide bonds. The van der Waals surface area contributed by atoms with Crippen molar-refractivity contribution in [2.75, 3.05) is 25.4 Å². The van der Waals surface area contributed by atoms with E-state index in [1.807, 2.05) is 36.5 Å². The first-order chi connectivity index (χ1) is 11.3. The lowest BCUT2D eigenvalue weighted by atomic mass is 10.3. The molecule has 5 nitrogen and oxygen atoms in total. The number of furan rings is 1. The zero-order valence-corrected chi connectivity index (χ0v) is 13.8. The average molecular weight is 331 g/mol. The lowest BCUT2D eigenvalue weighted by Gasteiger charge is -2.05. The molecule has 0 saturated carbocycles. The van der Waals surface area contributed by atoms with Crippen LogP contribution in [0.4, 0.5) is 0 Å². The molecule has 0 aliphatic carbocycles. The molecule has 1 aliphatic heterocycles. The van der Waals surface area contributed by atoms with Crippen LogP contribution in [0.1, 0.15) is 11.5 Å². The molecular weight excluding hydrogens is 310 g/mol. The van der Waals surface area contributed by atoms with Crippen molar-refractivity contribution >= 4 is 17.7 Å². The molecule has 2 aromatic heterocycles. The molecule has 2 atom stereocenters. The summed E-state index contributed by atoms with van der Waals surface area (Å²) < 4.78 is 5.27. The molecule has 1 saturated heterocycles. The first kappa shape index (κ1) is 16.1. The summed E-state index contributed by atoms with van der Waals surface area (Å²) in [5.74, 6) is 2.86. The van der Waals surface area contributed by atoms with Gasteiger partial charge in [-0.15, -0.1) is 0 Å². The zero-order valence-electron chi connectivity index (χ0n) is 13.0. The summed E-state index contributed by atoms with van der Waals surface area (Å²) in [6.07, 6.45) is 4.39. The van der Waals surface area contributed by atoms with E-state index in [4.69, 9.17) is 4.42 Å². The Morgan fingerprint density at radius 3 is 3.13 bits per heavy atom. The van der Waals surface area contributed by atoms with Gasteiger partial charge < -0.3 is 9.73 Å². The normalized spacial score (nSPS) is 19.5. The van der Waals surface area contributed by atoms with Crippen LogP contribution < -0.4 is 5.32 Å².